The van der Waals surface area contributed by atoms with Crippen LogP contribution in [0.2, 0.25) is 0 Å². The molecule has 0 unspecified atom stereocenters. The van der Waals surface area contributed by atoms with Crippen LogP contribution in [0.15, 0.2) is 16.6 Å². The molecule has 1 heterocycles. The number of phenolic OH excluding ortho intramolecular Hbond substituents is 1. The van der Waals surface area contributed by atoms with E-state index >= 15 is 0 Å². The van der Waals surface area contributed by atoms with Crippen molar-refractivity contribution in [2.75, 3.05) is 26.2 Å². The maximum absolute atomic E-state index is 10.6. The summed E-state index contributed by atoms with van der Waals surface area (Å²) in [4.78, 5) is 2.48. The van der Waals surface area contributed by atoms with Crippen molar-refractivity contribution < 1.29 is 5.11 Å². The summed E-state index contributed by atoms with van der Waals surface area (Å²) in [6.45, 7) is 12.7. The highest BCUT2D eigenvalue weighted by Gasteiger charge is 2.35. The van der Waals surface area contributed by atoms with Gasteiger partial charge in [-0.1, -0.05) is 42.8 Å². The number of phenols is 1. The van der Waals surface area contributed by atoms with Crippen molar-refractivity contribution in [3.63, 3.8) is 0 Å². The molecule has 22 heavy (non-hydrogen) atoms. The smallest absolute Gasteiger partial charge is 0.124 e. The Morgan fingerprint density at radius 2 is 1.73 bits per heavy atom. The fourth-order valence-corrected chi connectivity index (χ4v) is 3.59. The summed E-state index contributed by atoms with van der Waals surface area (Å²) in [5.41, 5.74) is 2.03. The van der Waals surface area contributed by atoms with Gasteiger partial charge < -0.3 is 10.4 Å². The first kappa shape index (κ1) is 22.0. The molecule has 0 radical (unpaired) electrons. The van der Waals surface area contributed by atoms with Crippen molar-refractivity contribution in [3.8, 4) is 5.75 Å². The average Bonchev–Trinajstić information content (AvgIpc) is 2.39. The van der Waals surface area contributed by atoms with E-state index in [1.54, 1.807) is 0 Å². The molecule has 0 saturated carbocycles. The van der Waals surface area contributed by atoms with Gasteiger partial charge in [-0.15, -0.1) is 24.8 Å². The van der Waals surface area contributed by atoms with Crippen molar-refractivity contribution in [1.82, 2.24) is 10.2 Å². The second-order valence-electron chi connectivity index (χ2n) is 6.68. The van der Waals surface area contributed by atoms with Crippen LogP contribution >= 0.6 is 40.7 Å². The van der Waals surface area contributed by atoms with Crippen LogP contribution in [0.5, 0.6) is 5.75 Å². The van der Waals surface area contributed by atoms with E-state index in [4.69, 9.17) is 0 Å². The molecule has 1 fully saturated rings. The monoisotopic (exact) mass is 412 g/mol. The number of piperazine rings is 1. The zero-order valence-corrected chi connectivity index (χ0v) is 16.9. The van der Waals surface area contributed by atoms with E-state index in [1.165, 1.54) is 0 Å². The fraction of sp³-hybridized carbons (Fsp3) is 0.625. The molecule has 0 spiro atoms. The van der Waals surface area contributed by atoms with Crippen LogP contribution in [-0.4, -0.2) is 36.2 Å². The summed E-state index contributed by atoms with van der Waals surface area (Å²) in [5.74, 6) is 0.429. The minimum atomic E-state index is 0. The van der Waals surface area contributed by atoms with Crippen LogP contribution < -0.4 is 5.32 Å². The second kappa shape index (κ2) is 8.74. The molecule has 1 aliphatic rings. The highest BCUT2D eigenvalue weighted by Crippen LogP contribution is 2.45. The third-order valence-electron chi connectivity index (χ3n) is 3.98. The molecule has 0 aliphatic carbocycles. The molecule has 2 N–H and O–H groups in total. The van der Waals surface area contributed by atoms with E-state index in [-0.39, 0.29) is 36.3 Å². The minimum absolute atomic E-state index is 0. The normalized spacial score (nSPS) is 17.3. The number of halogens is 3. The number of hydrogen-bond donors (Lipinski definition) is 2. The Kier molecular flexibility index (Phi) is 8.74. The number of nitrogens with one attached hydrogen (secondary N) is 1. The Labute approximate surface area is 154 Å². The first-order valence-corrected chi connectivity index (χ1v) is 8.04. The average molecular weight is 414 g/mol. The second-order valence-corrected chi connectivity index (χ2v) is 7.54. The Morgan fingerprint density at radius 1 is 1.18 bits per heavy atom. The molecular weight excluding hydrogens is 387 g/mol. The van der Waals surface area contributed by atoms with Gasteiger partial charge in [0, 0.05) is 42.3 Å². The number of nitrogens with zero attached hydrogens (tertiary/aromatic N) is 1. The maximum atomic E-state index is 10.6. The van der Waals surface area contributed by atoms with Crippen molar-refractivity contribution in [3.05, 3.63) is 27.7 Å². The lowest BCUT2D eigenvalue weighted by Crippen LogP contribution is -2.48. The van der Waals surface area contributed by atoms with Gasteiger partial charge in [-0.2, -0.15) is 0 Å². The van der Waals surface area contributed by atoms with Gasteiger partial charge >= 0.3 is 0 Å². The lowest BCUT2D eigenvalue weighted by atomic mass is 9.80. The van der Waals surface area contributed by atoms with Crippen LogP contribution in [-0.2, 0) is 0 Å². The fourth-order valence-electron chi connectivity index (χ4n) is 3.06. The SMILES string of the molecule is Cc1ccc(Br)c([C@@H](N2CCNCC2)C(C)(C)C)c1O.Cl.Cl. The third-order valence-corrected chi connectivity index (χ3v) is 4.67. The minimum Gasteiger partial charge on any atom is -0.507 e. The first-order chi connectivity index (χ1) is 9.32. The molecular formula is C16H27BrCl2N2O. The molecule has 128 valence electrons. The Morgan fingerprint density at radius 3 is 2.23 bits per heavy atom. The molecule has 1 aromatic carbocycles. The molecule has 3 nitrogen and oxygen atoms in total. The predicted molar refractivity (Wildman–Crippen MR) is 102 cm³/mol. The topological polar surface area (TPSA) is 35.5 Å². The summed E-state index contributed by atoms with van der Waals surface area (Å²) >= 11 is 3.64. The largest absolute Gasteiger partial charge is 0.507 e. The van der Waals surface area contributed by atoms with E-state index in [1.807, 2.05) is 19.1 Å². The van der Waals surface area contributed by atoms with E-state index in [2.05, 4.69) is 46.9 Å². The molecule has 0 aromatic heterocycles. The van der Waals surface area contributed by atoms with Crippen LogP contribution in [0.3, 0.4) is 0 Å². The molecule has 2 rings (SSSR count). The molecule has 6 heteroatoms. The number of hydrogen-bond acceptors (Lipinski definition) is 3. The van der Waals surface area contributed by atoms with Crippen molar-refractivity contribution in [2.45, 2.75) is 33.7 Å². The summed E-state index contributed by atoms with van der Waals surface area (Å²) in [6.07, 6.45) is 0. The number of rotatable bonds is 2. The van der Waals surface area contributed by atoms with Crippen LogP contribution in [0.1, 0.15) is 37.9 Å². The number of aryl methyl sites for hydroxylation is 1. The lowest BCUT2D eigenvalue weighted by molar-refractivity contribution is 0.0836. The third kappa shape index (κ3) is 4.75. The number of aromatic hydroxyl groups is 1. The van der Waals surface area contributed by atoms with Crippen molar-refractivity contribution >= 4 is 40.7 Å². The summed E-state index contributed by atoms with van der Waals surface area (Å²) in [7, 11) is 0. The predicted octanol–water partition coefficient (Wildman–Crippen LogP) is 4.30. The Balaban J connectivity index is 0.00000220. The molecule has 0 amide bonds. The van der Waals surface area contributed by atoms with E-state index in [9.17, 15) is 5.11 Å². The Bertz CT molecular complexity index is 486. The van der Waals surface area contributed by atoms with Crippen LogP contribution in [0.4, 0.5) is 0 Å². The molecule has 0 bridgehead atoms. The van der Waals surface area contributed by atoms with Gasteiger partial charge in [-0.3, -0.25) is 4.90 Å². The van der Waals surface area contributed by atoms with Gasteiger partial charge in [0.05, 0.1) is 0 Å². The maximum Gasteiger partial charge on any atom is 0.124 e. The van der Waals surface area contributed by atoms with Gasteiger partial charge in [-0.05, 0) is 24.0 Å². The molecule has 1 aromatic rings. The molecule has 1 aliphatic heterocycles. The summed E-state index contributed by atoms with van der Waals surface area (Å²) in [6, 6.07) is 4.21. The van der Waals surface area contributed by atoms with Gasteiger partial charge in [-0.25, -0.2) is 0 Å². The van der Waals surface area contributed by atoms with Gasteiger partial charge in [0.2, 0.25) is 0 Å². The highest BCUT2D eigenvalue weighted by molar-refractivity contribution is 9.10. The zero-order valence-electron chi connectivity index (χ0n) is 13.6. The Hall–Kier alpha value is -0.000000000000000111. The molecule has 1 saturated heterocycles. The van der Waals surface area contributed by atoms with E-state index in [0.29, 0.717) is 5.75 Å². The standard InChI is InChI=1S/C16H25BrN2O.2ClH/c1-11-5-6-12(17)13(14(11)20)15(16(2,3)4)19-9-7-18-8-10-19;;/h5-6,15,18,20H,7-10H2,1-4H3;2*1H/t15-;;/m1../s1. The number of benzene rings is 1. The summed E-state index contributed by atoms with van der Waals surface area (Å²) in [5, 5.41) is 14.0. The van der Waals surface area contributed by atoms with Crippen LogP contribution in [0, 0.1) is 12.3 Å². The van der Waals surface area contributed by atoms with Crippen molar-refractivity contribution in [1.29, 1.82) is 0 Å². The van der Waals surface area contributed by atoms with Crippen molar-refractivity contribution in [2.24, 2.45) is 5.41 Å². The van der Waals surface area contributed by atoms with Crippen LogP contribution in [0.25, 0.3) is 0 Å². The first-order valence-electron chi connectivity index (χ1n) is 7.25. The zero-order chi connectivity index (χ0) is 14.9. The molecule has 1 atom stereocenters. The quantitative estimate of drug-likeness (QED) is 0.758. The van der Waals surface area contributed by atoms with Gasteiger partial charge in [0.1, 0.15) is 5.75 Å². The van der Waals surface area contributed by atoms with Gasteiger partial charge in [0.15, 0.2) is 0 Å². The summed E-state index contributed by atoms with van der Waals surface area (Å²) < 4.78 is 0.999. The highest BCUT2D eigenvalue weighted by atomic mass is 79.9. The van der Waals surface area contributed by atoms with E-state index < -0.39 is 0 Å². The van der Waals surface area contributed by atoms with E-state index in [0.717, 1.165) is 41.8 Å². The van der Waals surface area contributed by atoms with Gasteiger partial charge in [0.25, 0.3) is 0 Å². The lowest BCUT2D eigenvalue weighted by Gasteiger charge is -2.43.